The third-order valence-corrected chi connectivity index (χ3v) is 2.90. The van der Waals surface area contributed by atoms with E-state index in [0.717, 1.165) is 23.5 Å². The van der Waals surface area contributed by atoms with Crippen molar-refractivity contribution in [2.45, 2.75) is 13.3 Å². The average molecular weight is 363 g/mol. The second-order valence-corrected chi connectivity index (χ2v) is 4.81. The van der Waals surface area contributed by atoms with Crippen LogP contribution < -0.4 is 10.7 Å². The van der Waals surface area contributed by atoms with Crippen LogP contribution in [0.15, 0.2) is 47.7 Å². The Morgan fingerprint density at radius 3 is 2.86 bits per heavy atom. The smallest absolute Gasteiger partial charge is 0.361 e. The van der Waals surface area contributed by atoms with E-state index in [2.05, 4.69) is 25.8 Å². The van der Waals surface area contributed by atoms with E-state index in [1.54, 1.807) is 12.4 Å². The van der Waals surface area contributed by atoms with Gasteiger partial charge in [-0.2, -0.15) is 5.10 Å². The van der Waals surface area contributed by atoms with Gasteiger partial charge in [0.05, 0.1) is 11.9 Å². The number of hydrogen-bond donors (Lipinski definition) is 2. The van der Waals surface area contributed by atoms with Gasteiger partial charge >= 0.3 is 17.1 Å². The molecule has 117 valence electrons. The van der Waals surface area contributed by atoms with E-state index in [1.807, 2.05) is 43.3 Å². The number of nitrogens with one attached hydrogen (secondary N) is 2. The molecule has 0 saturated carbocycles. The summed E-state index contributed by atoms with van der Waals surface area (Å²) in [5.74, 6) is 0. The van der Waals surface area contributed by atoms with Crippen molar-refractivity contribution in [3.8, 4) is 0 Å². The second-order valence-electron chi connectivity index (χ2n) is 4.40. The summed E-state index contributed by atoms with van der Waals surface area (Å²) < 4.78 is 0. The van der Waals surface area contributed by atoms with E-state index in [0.29, 0.717) is 11.7 Å². The zero-order valence-corrected chi connectivity index (χ0v) is 13.8. The molecule has 0 aliphatic carbocycles. The molecule has 2 heterocycles. The van der Waals surface area contributed by atoms with Crippen LogP contribution in [0.25, 0.3) is 0 Å². The van der Waals surface area contributed by atoms with Gasteiger partial charge in [-0.05, 0) is 43.4 Å². The molecule has 2 aromatic heterocycles. The van der Waals surface area contributed by atoms with Gasteiger partial charge < -0.3 is 5.32 Å². The van der Waals surface area contributed by atoms with Crippen LogP contribution >= 0.6 is 12.2 Å². The van der Waals surface area contributed by atoms with Gasteiger partial charge in [0.25, 0.3) is 0 Å². The molecule has 0 aliphatic heterocycles. The summed E-state index contributed by atoms with van der Waals surface area (Å²) in [5.41, 5.74) is 5.54. The van der Waals surface area contributed by atoms with Gasteiger partial charge in [0.15, 0.2) is 5.11 Å². The van der Waals surface area contributed by atoms with E-state index < -0.39 is 0 Å². The third-order valence-electron chi connectivity index (χ3n) is 2.67. The monoisotopic (exact) mass is 362 g/mol. The molecule has 0 bridgehead atoms. The van der Waals surface area contributed by atoms with Crippen LogP contribution in [0.2, 0.25) is 0 Å². The number of nitrogens with zero attached hydrogens (tertiary/aromatic N) is 3. The normalized spacial score (nSPS) is 10.0. The van der Waals surface area contributed by atoms with Crippen LogP contribution in [0, 0.1) is 6.92 Å². The van der Waals surface area contributed by atoms with Crippen molar-refractivity contribution in [3.63, 3.8) is 0 Å². The predicted octanol–water partition coefficient (Wildman–Crippen LogP) is 1.82. The molecule has 0 aliphatic rings. The second kappa shape index (κ2) is 10.00. The first kappa shape index (κ1) is 18.2. The summed E-state index contributed by atoms with van der Waals surface area (Å²) in [4.78, 5) is 8.55. The number of rotatable bonds is 5. The predicted molar refractivity (Wildman–Crippen MR) is 88.2 cm³/mol. The quantitative estimate of drug-likeness (QED) is 0.368. The Bertz CT molecular complexity index is 618. The molecule has 22 heavy (non-hydrogen) atoms. The van der Waals surface area contributed by atoms with Gasteiger partial charge in [-0.1, -0.05) is 12.1 Å². The van der Waals surface area contributed by atoms with Gasteiger partial charge in [-0.3, -0.25) is 15.4 Å². The van der Waals surface area contributed by atoms with Gasteiger partial charge in [0, 0.05) is 30.6 Å². The summed E-state index contributed by atoms with van der Waals surface area (Å²) in [5, 5.41) is 7.61. The van der Waals surface area contributed by atoms with Gasteiger partial charge in [0.2, 0.25) is 0 Å². The molecule has 7 heteroatoms. The number of aromatic nitrogens is 2. The molecular weight excluding hydrogens is 346 g/mol. The first-order valence-electron chi connectivity index (χ1n) is 6.64. The van der Waals surface area contributed by atoms with Crippen molar-refractivity contribution in [3.05, 3.63) is 59.7 Å². The number of aryl methyl sites for hydroxylation is 1. The maximum atomic E-state index is 5.13. The fourth-order valence-corrected chi connectivity index (χ4v) is 1.84. The summed E-state index contributed by atoms with van der Waals surface area (Å²) in [7, 11) is 0. The van der Waals surface area contributed by atoms with Gasteiger partial charge in [-0.15, -0.1) is 0 Å². The largest absolute Gasteiger partial charge is 2.00 e. The molecule has 0 amide bonds. The molecule has 5 nitrogen and oxygen atoms in total. The fourth-order valence-electron chi connectivity index (χ4n) is 1.68. The maximum Gasteiger partial charge on any atom is 2.00 e. The maximum absolute atomic E-state index is 5.13. The van der Waals surface area contributed by atoms with Crippen LogP contribution in [-0.2, 0) is 23.5 Å². The number of pyridine rings is 2. The zero-order chi connectivity index (χ0) is 14.9. The van der Waals surface area contributed by atoms with Crippen molar-refractivity contribution in [1.29, 1.82) is 0 Å². The van der Waals surface area contributed by atoms with Crippen LogP contribution in [-0.4, -0.2) is 27.8 Å². The fraction of sp³-hybridized carbons (Fsp3) is 0.200. The Hall–Kier alpha value is -1.82. The minimum absolute atomic E-state index is 0. The van der Waals surface area contributed by atoms with Crippen molar-refractivity contribution in [2.24, 2.45) is 5.10 Å². The SMILES string of the molecule is Cc1cccc(C=NNC(=S)NCCc2ccccn2)n1.[Cu+2]. The van der Waals surface area contributed by atoms with Gasteiger partial charge in [0.1, 0.15) is 0 Å². The Morgan fingerprint density at radius 2 is 2.14 bits per heavy atom. The Kier molecular flexibility index (Phi) is 8.28. The summed E-state index contributed by atoms with van der Waals surface area (Å²) in [6.07, 6.45) is 4.23. The molecule has 0 saturated heterocycles. The first-order chi connectivity index (χ1) is 10.2. The number of hydrazone groups is 1. The van der Waals surface area contributed by atoms with Crippen LogP contribution in [0.4, 0.5) is 0 Å². The van der Waals surface area contributed by atoms with Crippen molar-refractivity contribution in [1.82, 2.24) is 20.7 Å². The van der Waals surface area contributed by atoms with Crippen molar-refractivity contribution >= 4 is 23.5 Å². The Balaban J connectivity index is 0.00000242. The topological polar surface area (TPSA) is 62.2 Å². The number of thiocarbonyl (C=S) groups is 1. The van der Waals surface area contributed by atoms with E-state index in [9.17, 15) is 0 Å². The average Bonchev–Trinajstić information content (AvgIpc) is 2.48. The van der Waals surface area contributed by atoms with E-state index in [4.69, 9.17) is 12.2 Å². The molecule has 0 atom stereocenters. The number of hydrogen-bond acceptors (Lipinski definition) is 4. The minimum atomic E-state index is 0. The summed E-state index contributed by atoms with van der Waals surface area (Å²) in [6.45, 7) is 2.65. The van der Waals surface area contributed by atoms with E-state index in [-0.39, 0.29) is 17.1 Å². The minimum Gasteiger partial charge on any atom is -0.361 e. The standard InChI is InChI=1S/C15H17N5S.Cu/c1-12-5-4-7-14(19-12)11-18-20-15(21)17-10-8-13-6-2-3-9-16-13;/h2-7,9,11H,8,10H2,1H3,(H2,17,20,21);/q;+2. The molecule has 0 spiro atoms. The summed E-state index contributed by atoms with van der Waals surface area (Å²) >= 11 is 5.13. The first-order valence-corrected chi connectivity index (χ1v) is 7.05. The van der Waals surface area contributed by atoms with Gasteiger partial charge in [-0.25, -0.2) is 0 Å². The Labute approximate surface area is 146 Å². The molecule has 2 rings (SSSR count). The van der Waals surface area contributed by atoms with Crippen LogP contribution in [0.3, 0.4) is 0 Å². The summed E-state index contributed by atoms with van der Waals surface area (Å²) in [6, 6.07) is 11.6. The van der Waals surface area contributed by atoms with Crippen molar-refractivity contribution in [2.75, 3.05) is 6.54 Å². The molecule has 0 aromatic carbocycles. The molecular formula is C15H17CuN5S+2. The molecule has 0 fully saturated rings. The molecule has 0 unspecified atom stereocenters. The van der Waals surface area contributed by atoms with Crippen LogP contribution in [0.5, 0.6) is 0 Å². The van der Waals surface area contributed by atoms with Crippen LogP contribution in [0.1, 0.15) is 17.1 Å². The van der Waals surface area contributed by atoms with E-state index in [1.165, 1.54) is 0 Å². The third kappa shape index (κ3) is 6.76. The Morgan fingerprint density at radius 1 is 1.27 bits per heavy atom. The van der Waals surface area contributed by atoms with E-state index >= 15 is 0 Å². The molecule has 2 N–H and O–H groups in total. The molecule has 2 aromatic rings. The zero-order valence-electron chi connectivity index (χ0n) is 12.1. The van der Waals surface area contributed by atoms with Crippen molar-refractivity contribution < 1.29 is 17.1 Å². The molecule has 1 radical (unpaired) electrons.